The first-order valence-electron chi connectivity index (χ1n) is 3.06. The van der Waals surface area contributed by atoms with Crippen LogP contribution in [0.25, 0.3) is 0 Å². The molecule has 0 radical (unpaired) electrons. The molecular formula is C6H12Li2O4. The fourth-order valence-electron chi connectivity index (χ4n) is 0.552. The van der Waals surface area contributed by atoms with Crippen molar-refractivity contribution in [1.29, 1.82) is 0 Å². The Hall–Kier alpha value is 0.135. The number of carboxylic acids is 2. The molecule has 0 aliphatic rings. The zero-order valence-corrected chi connectivity index (χ0v) is 5.54. The summed E-state index contributed by atoms with van der Waals surface area (Å²) >= 11 is 0. The summed E-state index contributed by atoms with van der Waals surface area (Å²) in [7, 11) is 0. The van der Waals surface area contributed by atoms with Gasteiger partial charge in [-0.2, -0.15) is 0 Å². The molecule has 0 aromatic heterocycles. The quantitative estimate of drug-likeness (QED) is 0.419. The molecule has 0 rings (SSSR count). The maximum absolute atomic E-state index is 9.90. The first kappa shape index (κ1) is 18.0. The number of aliphatic carboxylic acids is 2. The second-order valence-corrected chi connectivity index (χ2v) is 1.99. The molecule has 0 aromatic carbocycles. The van der Waals surface area contributed by atoms with Crippen molar-refractivity contribution in [1.82, 2.24) is 0 Å². The zero-order chi connectivity index (χ0) is 7.98. The molecule has 4 nitrogen and oxygen atoms in total. The molecule has 0 spiro atoms. The Morgan fingerprint density at radius 2 is 1.08 bits per heavy atom. The van der Waals surface area contributed by atoms with Crippen LogP contribution in [0.4, 0.5) is 0 Å². The molecule has 0 fully saturated rings. The summed E-state index contributed by atoms with van der Waals surface area (Å²) in [5.74, 6) is -1.74. The van der Waals surface area contributed by atoms with Gasteiger partial charge in [0.15, 0.2) is 0 Å². The van der Waals surface area contributed by atoms with Crippen LogP contribution in [-0.2, 0) is 9.59 Å². The van der Waals surface area contributed by atoms with Crippen molar-refractivity contribution in [2.24, 2.45) is 0 Å². The van der Waals surface area contributed by atoms with Gasteiger partial charge in [0, 0.05) is 12.8 Å². The van der Waals surface area contributed by atoms with Crippen molar-refractivity contribution >= 4 is 49.7 Å². The fourth-order valence-corrected chi connectivity index (χ4v) is 0.552. The Morgan fingerprint density at radius 1 is 0.833 bits per heavy atom. The molecule has 6 heteroatoms. The first-order valence-corrected chi connectivity index (χ1v) is 3.06. The van der Waals surface area contributed by atoms with E-state index in [4.69, 9.17) is 10.2 Å². The van der Waals surface area contributed by atoms with E-state index in [1.165, 1.54) is 0 Å². The average Bonchev–Trinajstić information content (AvgIpc) is 1.79. The van der Waals surface area contributed by atoms with Crippen LogP contribution in [0.5, 0.6) is 0 Å². The molecule has 0 aromatic rings. The first-order chi connectivity index (χ1) is 4.63. The third kappa shape index (κ3) is 16.6. The summed E-state index contributed by atoms with van der Waals surface area (Å²) in [4.78, 5) is 19.8. The van der Waals surface area contributed by atoms with Crippen LogP contribution in [0.1, 0.15) is 25.7 Å². The van der Waals surface area contributed by atoms with Crippen LogP contribution < -0.4 is 0 Å². The molecule has 62 valence electrons. The summed E-state index contributed by atoms with van der Waals surface area (Å²) in [6, 6.07) is 0. The Balaban J connectivity index is -0.000000405. The number of carbonyl (C=O) groups is 2. The fraction of sp³-hybridized carbons (Fsp3) is 0.667. The maximum atomic E-state index is 9.90. The summed E-state index contributed by atoms with van der Waals surface area (Å²) in [6.07, 6.45) is 1.02. The van der Waals surface area contributed by atoms with Gasteiger partial charge in [-0.15, -0.1) is 0 Å². The van der Waals surface area contributed by atoms with E-state index in [0.717, 1.165) is 0 Å². The number of hydrogen-bond donors (Lipinski definition) is 2. The second-order valence-electron chi connectivity index (χ2n) is 1.99. The van der Waals surface area contributed by atoms with Gasteiger partial charge in [-0.1, -0.05) is 0 Å². The topological polar surface area (TPSA) is 74.6 Å². The summed E-state index contributed by atoms with van der Waals surface area (Å²) < 4.78 is 0. The van der Waals surface area contributed by atoms with Crippen LogP contribution in [0.2, 0.25) is 0 Å². The minimum atomic E-state index is -0.870. The third-order valence-electron chi connectivity index (χ3n) is 1.03. The number of hydrogen-bond acceptors (Lipinski definition) is 2. The van der Waals surface area contributed by atoms with E-state index >= 15 is 0 Å². The Labute approximate surface area is 95.1 Å². The molecule has 0 heterocycles. The van der Waals surface area contributed by atoms with Crippen molar-refractivity contribution in [2.45, 2.75) is 25.7 Å². The second kappa shape index (κ2) is 11.1. The van der Waals surface area contributed by atoms with Crippen LogP contribution in [-0.4, -0.2) is 59.9 Å². The molecule has 0 aliphatic carbocycles. The van der Waals surface area contributed by atoms with E-state index in [1.807, 2.05) is 0 Å². The Morgan fingerprint density at radius 3 is 1.25 bits per heavy atom. The summed E-state index contributed by atoms with van der Waals surface area (Å²) in [5, 5.41) is 16.3. The van der Waals surface area contributed by atoms with Crippen molar-refractivity contribution < 1.29 is 19.8 Å². The van der Waals surface area contributed by atoms with E-state index in [2.05, 4.69) is 0 Å². The Kier molecular flexibility index (Phi) is 16.7. The van der Waals surface area contributed by atoms with E-state index in [-0.39, 0.29) is 50.6 Å². The molecule has 0 bridgehead atoms. The van der Waals surface area contributed by atoms with Crippen LogP contribution in [0, 0.1) is 0 Å². The summed E-state index contributed by atoms with van der Waals surface area (Å²) in [6.45, 7) is 0. The van der Waals surface area contributed by atoms with Crippen LogP contribution in [0.15, 0.2) is 0 Å². The van der Waals surface area contributed by atoms with Crippen molar-refractivity contribution in [3.05, 3.63) is 0 Å². The van der Waals surface area contributed by atoms with E-state index in [9.17, 15) is 9.59 Å². The molecule has 2 N–H and O–H groups in total. The zero-order valence-electron chi connectivity index (χ0n) is 5.54. The van der Waals surface area contributed by atoms with Gasteiger partial charge in [-0.05, 0) is 12.8 Å². The van der Waals surface area contributed by atoms with Crippen molar-refractivity contribution in [2.75, 3.05) is 0 Å². The SMILES string of the molecule is O=C(O)CCCCC(=O)O.[LiH].[LiH]. The monoisotopic (exact) mass is 162 g/mol. The predicted octanol–water partition coefficient (Wildman–Crippen LogP) is -0.581. The van der Waals surface area contributed by atoms with Gasteiger partial charge >= 0.3 is 49.7 Å². The van der Waals surface area contributed by atoms with Gasteiger partial charge in [-0.25, -0.2) is 0 Å². The van der Waals surface area contributed by atoms with Gasteiger partial charge in [0.1, 0.15) is 0 Å². The van der Waals surface area contributed by atoms with Crippen molar-refractivity contribution in [3.8, 4) is 0 Å². The summed E-state index contributed by atoms with van der Waals surface area (Å²) in [5.41, 5.74) is 0. The molecule has 0 unspecified atom stereocenters. The van der Waals surface area contributed by atoms with Gasteiger partial charge in [0.25, 0.3) is 0 Å². The van der Waals surface area contributed by atoms with Crippen LogP contribution in [0.3, 0.4) is 0 Å². The third-order valence-corrected chi connectivity index (χ3v) is 1.03. The van der Waals surface area contributed by atoms with E-state index in [0.29, 0.717) is 12.8 Å². The van der Waals surface area contributed by atoms with Gasteiger partial charge < -0.3 is 10.2 Å². The van der Waals surface area contributed by atoms with E-state index in [1.54, 1.807) is 0 Å². The van der Waals surface area contributed by atoms with Crippen molar-refractivity contribution in [3.63, 3.8) is 0 Å². The molecule has 0 amide bonds. The normalized spacial score (nSPS) is 7.67. The van der Waals surface area contributed by atoms with Gasteiger partial charge in [0.05, 0.1) is 0 Å². The molecule has 12 heavy (non-hydrogen) atoms. The number of rotatable bonds is 5. The van der Waals surface area contributed by atoms with Gasteiger partial charge in [-0.3, -0.25) is 9.59 Å². The van der Waals surface area contributed by atoms with E-state index < -0.39 is 11.9 Å². The average molecular weight is 162 g/mol. The standard InChI is InChI=1S/C6H10O4.2Li.2H/c7-5(8)3-1-2-4-6(9)10;;;;/h1-4H2,(H,7,8)(H,9,10);;;;. The number of unbranched alkanes of at least 4 members (excludes halogenated alkanes) is 1. The molecule has 0 saturated carbocycles. The minimum absolute atomic E-state index is 0. The molecular weight excluding hydrogens is 150 g/mol. The number of carboxylic acid groups (broad SMARTS) is 2. The Bertz CT molecular complexity index is 122. The molecule has 0 atom stereocenters. The van der Waals surface area contributed by atoms with Gasteiger partial charge in [0.2, 0.25) is 0 Å². The van der Waals surface area contributed by atoms with Crippen LogP contribution >= 0.6 is 0 Å². The predicted molar refractivity (Wildman–Crippen MR) is 48.0 cm³/mol. The molecule has 0 aliphatic heterocycles. The molecule has 0 saturated heterocycles.